The molecule has 5 aromatic rings. The van der Waals surface area contributed by atoms with E-state index in [1.165, 1.54) is 33.4 Å². The fourth-order valence-electron chi connectivity index (χ4n) is 7.87. The Hall–Kier alpha value is -5.93. The molecule has 0 spiro atoms. The van der Waals surface area contributed by atoms with Gasteiger partial charge >= 0.3 is 0 Å². The fourth-order valence-corrected chi connectivity index (χ4v) is 7.87. The van der Waals surface area contributed by atoms with Crippen LogP contribution in [0.15, 0.2) is 175 Å². The number of dihydropyridines is 1. The minimum atomic E-state index is 0.0491. The van der Waals surface area contributed by atoms with E-state index in [1.807, 2.05) is 12.3 Å². The second-order valence-electron chi connectivity index (χ2n) is 17.9. The molecule has 0 saturated heterocycles. The molecule has 1 aliphatic carbocycles. The van der Waals surface area contributed by atoms with Gasteiger partial charge in [-0.2, -0.15) is 0 Å². The van der Waals surface area contributed by atoms with Crippen LogP contribution in [-0.2, 0) is 17.3 Å². The van der Waals surface area contributed by atoms with Crippen molar-refractivity contribution in [2.24, 2.45) is 4.99 Å². The summed E-state index contributed by atoms with van der Waals surface area (Å²) in [4.78, 5) is 9.57. The highest BCUT2D eigenvalue weighted by atomic mass is 15.2. The molecule has 1 atom stereocenters. The van der Waals surface area contributed by atoms with Crippen molar-refractivity contribution in [3.05, 3.63) is 198 Å². The van der Waals surface area contributed by atoms with E-state index >= 15 is 0 Å². The minimum Gasteiger partial charge on any atom is -0.310 e. The lowest BCUT2D eigenvalue weighted by molar-refractivity contribution is 0.590. The van der Waals surface area contributed by atoms with Gasteiger partial charge in [0.2, 0.25) is 0 Å². The monoisotopic (exact) mass is 775 g/mol. The van der Waals surface area contributed by atoms with E-state index < -0.39 is 0 Å². The Kier molecular flexibility index (Phi) is 12.8. The molecule has 5 aromatic carbocycles. The Balaban J connectivity index is 1.39. The Morgan fingerprint density at radius 1 is 0.627 bits per heavy atom. The van der Waals surface area contributed by atoms with Crippen LogP contribution >= 0.6 is 0 Å². The van der Waals surface area contributed by atoms with Crippen molar-refractivity contribution in [1.82, 2.24) is 0 Å². The van der Waals surface area contributed by atoms with Crippen LogP contribution in [0.5, 0.6) is 0 Å². The molecule has 3 nitrogen and oxygen atoms in total. The van der Waals surface area contributed by atoms with Gasteiger partial charge in [-0.15, -0.1) is 6.58 Å². The first-order valence-corrected chi connectivity index (χ1v) is 21.4. The third-order valence-electron chi connectivity index (χ3n) is 11.4. The van der Waals surface area contributed by atoms with Gasteiger partial charge in [0.25, 0.3) is 0 Å². The van der Waals surface area contributed by atoms with Gasteiger partial charge in [-0.3, -0.25) is 4.99 Å². The summed E-state index contributed by atoms with van der Waals surface area (Å²) in [6.45, 7) is 18.2. The normalized spacial score (nSPS) is 15.4. The summed E-state index contributed by atoms with van der Waals surface area (Å²) in [6, 6.07) is 43.6. The van der Waals surface area contributed by atoms with Crippen molar-refractivity contribution >= 4 is 45.9 Å². The molecule has 1 aliphatic heterocycles. The van der Waals surface area contributed by atoms with Crippen LogP contribution in [0.4, 0.5) is 34.1 Å². The predicted octanol–water partition coefficient (Wildman–Crippen LogP) is 15.7. The number of hydrogen-bond donors (Lipinski definition) is 0. The fraction of sp³-hybridized carbons (Fsp3) is 0.268. The molecule has 7 rings (SSSR count). The predicted molar refractivity (Wildman–Crippen MR) is 257 cm³/mol. The first-order valence-electron chi connectivity index (χ1n) is 21.4. The molecule has 0 bridgehead atoms. The molecule has 1 heterocycles. The van der Waals surface area contributed by atoms with Crippen molar-refractivity contribution in [3.63, 3.8) is 0 Å². The zero-order valence-corrected chi connectivity index (χ0v) is 36.0. The molecule has 300 valence electrons. The Morgan fingerprint density at radius 3 is 1.64 bits per heavy atom. The maximum absolute atomic E-state index is 4.73. The van der Waals surface area contributed by atoms with E-state index in [0.29, 0.717) is 6.54 Å². The average Bonchev–Trinajstić information content (AvgIpc) is 3.25. The molecule has 0 saturated carbocycles. The SMILES string of the molecule is C=CCC/C=C\Cc1ccc(N(c2ccc(C(C)(C)C)cc2)c2cc([C@H]3C=CC=NC3)cc(N(c3ccc(C4=CCCC=C4)cc3)c3ccc(C(C)(C)C)cc3)c2)cc1. The zero-order valence-electron chi connectivity index (χ0n) is 36.0. The quantitative estimate of drug-likeness (QED) is 0.0876. The lowest BCUT2D eigenvalue weighted by atomic mass is 9.87. The number of unbranched alkanes of at least 4 members (excludes halogenated alkanes) is 1. The Morgan fingerprint density at radius 2 is 1.17 bits per heavy atom. The van der Waals surface area contributed by atoms with Gasteiger partial charge in [0.15, 0.2) is 0 Å². The van der Waals surface area contributed by atoms with E-state index in [-0.39, 0.29) is 16.7 Å². The third-order valence-corrected chi connectivity index (χ3v) is 11.4. The summed E-state index contributed by atoms with van der Waals surface area (Å²) in [5.74, 6) is 0.150. The van der Waals surface area contributed by atoms with E-state index in [9.17, 15) is 0 Å². The smallest absolute Gasteiger partial charge is 0.0492 e. The summed E-state index contributed by atoms with van der Waals surface area (Å²) in [5, 5.41) is 0. The van der Waals surface area contributed by atoms with Crippen LogP contribution in [0.1, 0.15) is 101 Å². The van der Waals surface area contributed by atoms with Gasteiger partial charge in [0.05, 0.1) is 0 Å². The molecule has 0 N–H and O–H groups in total. The molecule has 0 radical (unpaired) electrons. The minimum absolute atomic E-state index is 0.0491. The molecule has 0 unspecified atom stereocenters. The summed E-state index contributed by atoms with van der Waals surface area (Å²) in [7, 11) is 0. The number of benzene rings is 5. The van der Waals surface area contributed by atoms with E-state index in [4.69, 9.17) is 4.99 Å². The van der Waals surface area contributed by atoms with Crippen LogP contribution in [-0.4, -0.2) is 12.8 Å². The number of hydrogen-bond acceptors (Lipinski definition) is 3. The number of aliphatic imine (C=N–C) groups is 1. The topological polar surface area (TPSA) is 18.8 Å². The summed E-state index contributed by atoms with van der Waals surface area (Å²) in [5.41, 5.74) is 14.5. The maximum atomic E-state index is 4.73. The highest BCUT2D eigenvalue weighted by Gasteiger charge is 2.23. The lowest BCUT2D eigenvalue weighted by Gasteiger charge is -2.32. The first-order chi connectivity index (χ1) is 28.5. The number of anilines is 6. The van der Waals surface area contributed by atoms with Gasteiger partial charge < -0.3 is 9.80 Å². The molecule has 0 amide bonds. The molecule has 3 heteroatoms. The Bertz CT molecular complexity index is 2340. The molecule has 0 fully saturated rings. The van der Waals surface area contributed by atoms with Crippen molar-refractivity contribution in [1.29, 1.82) is 0 Å². The third kappa shape index (κ3) is 10.2. The van der Waals surface area contributed by atoms with Gasteiger partial charge in [0, 0.05) is 52.8 Å². The van der Waals surface area contributed by atoms with Gasteiger partial charge in [-0.1, -0.05) is 133 Å². The average molecular weight is 776 g/mol. The maximum Gasteiger partial charge on any atom is 0.0492 e. The molecular formula is C56H61N3. The van der Waals surface area contributed by atoms with Gasteiger partial charge in [-0.05, 0) is 149 Å². The van der Waals surface area contributed by atoms with E-state index in [1.54, 1.807) is 0 Å². The van der Waals surface area contributed by atoms with Crippen molar-refractivity contribution in [2.45, 2.75) is 90.4 Å². The summed E-state index contributed by atoms with van der Waals surface area (Å²) in [6.07, 6.45) is 24.8. The van der Waals surface area contributed by atoms with Gasteiger partial charge in [0.1, 0.15) is 0 Å². The van der Waals surface area contributed by atoms with Crippen LogP contribution in [0.2, 0.25) is 0 Å². The van der Waals surface area contributed by atoms with Crippen molar-refractivity contribution in [2.75, 3.05) is 16.3 Å². The van der Waals surface area contributed by atoms with Crippen LogP contribution < -0.4 is 9.80 Å². The standard InChI is InChI=1S/C56H61N3/c1-8-9-10-11-13-17-42-21-29-49(30-22-42)58(51-33-25-47(26-34-51)55(2,3)4)53-38-46(45-20-16-37-57-41-45)39-54(40-53)59(52-35-27-48(28-36-52)56(5,6)7)50-31-23-44(24-32-50)43-18-14-12-15-19-43/h8,11,13-14,16,18-40,45H,1,9-10,12,15,17,41H2,2-7H3/b13-11-/t45-/m0/s1. The van der Waals surface area contributed by atoms with Gasteiger partial charge in [-0.25, -0.2) is 0 Å². The first kappa shape index (κ1) is 41.2. The number of allylic oxidation sites excluding steroid dienone is 8. The van der Waals surface area contributed by atoms with Crippen molar-refractivity contribution < 1.29 is 0 Å². The lowest BCUT2D eigenvalue weighted by Crippen LogP contribution is -2.16. The molecular weight excluding hydrogens is 715 g/mol. The second-order valence-corrected chi connectivity index (χ2v) is 17.9. The highest BCUT2D eigenvalue weighted by molar-refractivity contribution is 5.85. The second kappa shape index (κ2) is 18.3. The van der Waals surface area contributed by atoms with E-state index in [0.717, 1.165) is 66.2 Å². The molecule has 0 aromatic heterocycles. The Labute approximate surface area is 354 Å². The van der Waals surface area contributed by atoms with Crippen LogP contribution in [0.25, 0.3) is 5.57 Å². The number of rotatable bonds is 13. The van der Waals surface area contributed by atoms with Crippen molar-refractivity contribution in [3.8, 4) is 0 Å². The van der Waals surface area contributed by atoms with Crippen LogP contribution in [0, 0.1) is 0 Å². The largest absolute Gasteiger partial charge is 0.310 e. The zero-order chi connectivity index (χ0) is 41.4. The highest BCUT2D eigenvalue weighted by Crippen LogP contribution is 2.44. The molecule has 59 heavy (non-hydrogen) atoms. The van der Waals surface area contributed by atoms with E-state index in [2.05, 4.69) is 216 Å². The number of nitrogens with zero attached hydrogens (tertiary/aromatic N) is 3. The van der Waals surface area contributed by atoms with Crippen LogP contribution in [0.3, 0.4) is 0 Å². The summed E-state index contributed by atoms with van der Waals surface area (Å²) < 4.78 is 0. The summed E-state index contributed by atoms with van der Waals surface area (Å²) >= 11 is 0. The molecule has 2 aliphatic rings.